The van der Waals surface area contributed by atoms with Crippen LogP contribution in [0.5, 0.6) is 0 Å². The molecule has 0 aromatic heterocycles. The van der Waals surface area contributed by atoms with E-state index in [0.717, 1.165) is 19.3 Å². The van der Waals surface area contributed by atoms with Gasteiger partial charge in [0.25, 0.3) is 0 Å². The first kappa shape index (κ1) is 8.02. The van der Waals surface area contributed by atoms with E-state index in [1.165, 1.54) is 6.42 Å². The van der Waals surface area contributed by atoms with Crippen molar-refractivity contribution < 1.29 is 13.9 Å². The van der Waals surface area contributed by atoms with Crippen LogP contribution in [0.4, 0.5) is 4.39 Å². The summed E-state index contributed by atoms with van der Waals surface area (Å²) in [6.45, 7) is -0.966. The van der Waals surface area contributed by atoms with Gasteiger partial charge in [-0.05, 0) is 31.1 Å². The second-order valence-corrected chi connectivity index (χ2v) is 3.85. The first-order chi connectivity index (χ1) is 5.81. The van der Waals surface area contributed by atoms with E-state index in [1.54, 1.807) is 0 Å². The lowest BCUT2D eigenvalue weighted by Crippen LogP contribution is -2.22. The molecular weight excluding hydrogens is 159 g/mol. The van der Waals surface area contributed by atoms with Gasteiger partial charge in [-0.25, -0.2) is 4.39 Å². The third-order valence-corrected chi connectivity index (χ3v) is 3.24. The molecule has 2 nitrogen and oxygen atoms in total. The van der Waals surface area contributed by atoms with Crippen molar-refractivity contribution in [3.63, 3.8) is 0 Å². The third-order valence-electron chi connectivity index (χ3n) is 3.24. The Morgan fingerprint density at radius 2 is 2.25 bits per heavy atom. The fourth-order valence-electron chi connectivity index (χ4n) is 2.69. The van der Waals surface area contributed by atoms with E-state index in [0.29, 0.717) is 11.8 Å². The average Bonchev–Trinajstić information content (AvgIpc) is 2.64. The molecule has 2 rings (SSSR count). The summed E-state index contributed by atoms with van der Waals surface area (Å²) in [6.07, 6.45) is 4.48. The van der Waals surface area contributed by atoms with E-state index >= 15 is 0 Å². The number of hydrogen-bond donors (Lipinski definition) is 0. The van der Waals surface area contributed by atoms with Crippen LogP contribution in [-0.4, -0.2) is 12.8 Å². The Balaban J connectivity index is 1.93. The van der Waals surface area contributed by atoms with Gasteiger partial charge in [0.2, 0.25) is 6.86 Å². The Morgan fingerprint density at radius 3 is 2.75 bits per heavy atom. The molecule has 2 aliphatic rings. The Morgan fingerprint density at radius 1 is 1.42 bits per heavy atom. The molecule has 0 heterocycles. The number of hydrogen-bond acceptors (Lipinski definition) is 2. The largest absolute Gasteiger partial charge is 0.433 e. The van der Waals surface area contributed by atoms with Crippen LogP contribution in [0.3, 0.4) is 0 Å². The molecule has 2 aliphatic carbocycles. The lowest BCUT2D eigenvalue weighted by molar-refractivity contribution is -0.154. The number of carbonyl (C=O) groups excluding carboxylic acids is 1. The van der Waals surface area contributed by atoms with Crippen LogP contribution in [-0.2, 0) is 9.53 Å². The molecule has 3 atom stereocenters. The van der Waals surface area contributed by atoms with Crippen LogP contribution >= 0.6 is 0 Å². The third kappa shape index (κ3) is 1.21. The molecule has 2 saturated carbocycles. The van der Waals surface area contributed by atoms with Crippen LogP contribution in [0.1, 0.15) is 25.7 Å². The predicted octanol–water partition coefficient (Wildman–Crippen LogP) is 1.89. The SMILES string of the molecule is O=C(OCF)C1CC2CCC1C2. The summed E-state index contributed by atoms with van der Waals surface area (Å²) >= 11 is 0. The number of carbonyl (C=O) groups is 1. The maximum absolute atomic E-state index is 11.7. The standard InChI is InChI=1S/C9H13FO2/c10-5-12-9(11)8-4-6-1-2-7(8)3-6/h6-8H,1-5H2. The Kier molecular flexibility index (Phi) is 2.03. The molecule has 0 aromatic carbocycles. The van der Waals surface area contributed by atoms with E-state index < -0.39 is 6.86 Å². The minimum Gasteiger partial charge on any atom is -0.433 e. The summed E-state index contributed by atoms with van der Waals surface area (Å²) in [7, 11) is 0. The topological polar surface area (TPSA) is 26.3 Å². The summed E-state index contributed by atoms with van der Waals surface area (Å²) in [5.41, 5.74) is 0. The molecule has 0 N–H and O–H groups in total. The zero-order valence-corrected chi connectivity index (χ0v) is 6.96. The maximum Gasteiger partial charge on any atom is 0.311 e. The molecule has 0 aromatic rings. The monoisotopic (exact) mass is 172 g/mol. The van der Waals surface area contributed by atoms with Crippen molar-refractivity contribution >= 4 is 5.97 Å². The maximum atomic E-state index is 11.7. The van der Waals surface area contributed by atoms with Crippen LogP contribution in [0, 0.1) is 17.8 Å². The van der Waals surface area contributed by atoms with Crippen molar-refractivity contribution in [3.05, 3.63) is 0 Å². The van der Waals surface area contributed by atoms with Gasteiger partial charge in [0, 0.05) is 0 Å². The normalized spacial score (nSPS) is 38.6. The zero-order valence-electron chi connectivity index (χ0n) is 6.96. The van der Waals surface area contributed by atoms with E-state index in [9.17, 15) is 9.18 Å². The number of halogens is 1. The van der Waals surface area contributed by atoms with Crippen molar-refractivity contribution in [2.24, 2.45) is 17.8 Å². The molecule has 68 valence electrons. The van der Waals surface area contributed by atoms with E-state index in [-0.39, 0.29) is 11.9 Å². The Bertz CT molecular complexity index is 193. The van der Waals surface area contributed by atoms with Crippen LogP contribution in [0.2, 0.25) is 0 Å². The Hall–Kier alpha value is -0.600. The van der Waals surface area contributed by atoms with Gasteiger partial charge in [-0.1, -0.05) is 6.42 Å². The molecule has 0 radical (unpaired) electrons. The second kappa shape index (κ2) is 3.04. The van der Waals surface area contributed by atoms with Gasteiger partial charge in [-0.2, -0.15) is 0 Å². The van der Waals surface area contributed by atoms with Gasteiger partial charge in [0.1, 0.15) is 0 Å². The molecule has 12 heavy (non-hydrogen) atoms. The molecule has 0 saturated heterocycles. The minimum absolute atomic E-state index is 0.0134. The average molecular weight is 172 g/mol. The number of rotatable bonds is 2. The molecule has 3 heteroatoms. The fourth-order valence-corrected chi connectivity index (χ4v) is 2.69. The van der Waals surface area contributed by atoms with Gasteiger partial charge in [-0.3, -0.25) is 4.79 Å². The van der Waals surface area contributed by atoms with Crippen molar-refractivity contribution in [2.45, 2.75) is 25.7 Å². The van der Waals surface area contributed by atoms with E-state index in [4.69, 9.17) is 0 Å². The second-order valence-electron chi connectivity index (χ2n) is 3.85. The van der Waals surface area contributed by atoms with Crippen molar-refractivity contribution in [2.75, 3.05) is 6.86 Å². The predicted molar refractivity (Wildman–Crippen MR) is 41.0 cm³/mol. The number of alkyl halides is 1. The summed E-state index contributed by atoms with van der Waals surface area (Å²) in [6, 6.07) is 0. The summed E-state index contributed by atoms with van der Waals surface area (Å²) < 4.78 is 16.1. The van der Waals surface area contributed by atoms with Crippen molar-refractivity contribution in [1.29, 1.82) is 0 Å². The highest BCUT2D eigenvalue weighted by molar-refractivity contribution is 5.73. The zero-order chi connectivity index (χ0) is 8.55. The summed E-state index contributed by atoms with van der Waals surface area (Å²) in [5, 5.41) is 0. The fraction of sp³-hybridized carbons (Fsp3) is 0.889. The number of fused-ring (bicyclic) bond motifs is 2. The highest BCUT2D eigenvalue weighted by atomic mass is 19.1. The molecule has 2 fully saturated rings. The summed E-state index contributed by atoms with van der Waals surface area (Å²) in [5.74, 6) is 0.908. The molecule has 0 aliphatic heterocycles. The smallest absolute Gasteiger partial charge is 0.311 e. The number of ether oxygens (including phenoxy) is 1. The van der Waals surface area contributed by atoms with Crippen LogP contribution < -0.4 is 0 Å². The first-order valence-electron chi connectivity index (χ1n) is 4.54. The van der Waals surface area contributed by atoms with Gasteiger partial charge in [-0.15, -0.1) is 0 Å². The summed E-state index contributed by atoms with van der Waals surface area (Å²) in [4.78, 5) is 11.2. The van der Waals surface area contributed by atoms with Crippen molar-refractivity contribution in [1.82, 2.24) is 0 Å². The van der Waals surface area contributed by atoms with Gasteiger partial charge >= 0.3 is 5.97 Å². The number of esters is 1. The Labute approximate surface area is 71.1 Å². The minimum atomic E-state index is -0.966. The first-order valence-corrected chi connectivity index (χ1v) is 4.54. The highest BCUT2D eigenvalue weighted by Gasteiger charge is 2.43. The molecule has 0 spiro atoms. The molecular formula is C9H13FO2. The lowest BCUT2D eigenvalue weighted by atomic mass is 9.89. The quantitative estimate of drug-likeness (QED) is 0.594. The van der Waals surface area contributed by atoms with Crippen LogP contribution in [0.15, 0.2) is 0 Å². The van der Waals surface area contributed by atoms with E-state index in [1.807, 2.05) is 0 Å². The van der Waals surface area contributed by atoms with E-state index in [2.05, 4.69) is 4.74 Å². The van der Waals surface area contributed by atoms with Crippen LogP contribution in [0.25, 0.3) is 0 Å². The lowest BCUT2D eigenvalue weighted by Gasteiger charge is -2.18. The molecule has 0 amide bonds. The van der Waals surface area contributed by atoms with Gasteiger partial charge in [0.15, 0.2) is 0 Å². The van der Waals surface area contributed by atoms with Gasteiger partial charge < -0.3 is 4.74 Å². The highest BCUT2D eigenvalue weighted by Crippen LogP contribution is 2.48. The van der Waals surface area contributed by atoms with Crippen molar-refractivity contribution in [3.8, 4) is 0 Å². The molecule has 3 unspecified atom stereocenters. The molecule has 2 bridgehead atoms. The van der Waals surface area contributed by atoms with Gasteiger partial charge in [0.05, 0.1) is 5.92 Å².